The van der Waals surface area contributed by atoms with Gasteiger partial charge in [0.15, 0.2) is 0 Å². The van der Waals surface area contributed by atoms with Crippen molar-refractivity contribution in [3.05, 3.63) is 35.9 Å². The summed E-state index contributed by atoms with van der Waals surface area (Å²) in [5.41, 5.74) is 1.06. The molecule has 0 aliphatic carbocycles. The lowest BCUT2D eigenvalue weighted by atomic mass is 10.1. The van der Waals surface area contributed by atoms with E-state index in [0.29, 0.717) is 13.0 Å². The van der Waals surface area contributed by atoms with Gasteiger partial charge in [-0.1, -0.05) is 30.3 Å². The minimum absolute atomic E-state index is 0.104. The number of rotatable bonds is 6. The van der Waals surface area contributed by atoms with Crippen molar-refractivity contribution in [1.82, 2.24) is 10.2 Å². The largest absolute Gasteiger partial charge is 0.340 e. The Labute approximate surface area is 119 Å². The van der Waals surface area contributed by atoms with E-state index in [1.807, 2.05) is 30.3 Å². The van der Waals surface area contributed by atoms with Crippen molar-refractivity contribution >= 4 is 11.9 Å². The van der Waals surface area contributed by atoms with Crippen LogP contribution in [0, 0.1) is 0 Å². The smallest absolute Gasteiger partial charge is 0.324 e. The molecule has 1 saturated heterocycles. The van der Waals surface area contributed by atoms with Gasteiger partial charge >= 0.3 is 6.03 Å². The number of hydrogen-bond acceptors (Lipinski definition) is 2. The fourth-order valence-corrected chi connectivity index (χ4v) is 2.37. The molecule has 1 aliphatic rings. The number of quaternary nitrogens is 1. The molecule has 5 nitrogen and oxygen atoms in total. The van der Waals surface area contributed by atoms with Crippen molar-refractivity contribution < 1.29 is 14.5 Å². The third kappa shape index (κ3) is 3.57. The van der Waals surface area contributed by atoms with Gasteiger partial charge in [0.05, 0.1) is 20.6 Å². The molecule has 1 aromatic carbocycles. The highest BCUT2D eigenvalue weighted by Crippen LogP contribution is 2.12. The summed E-state index contributed by atoms with van der Waals surface area (Å²) in [7, 11) is 4.12. The number of amides is 3. The molecule has 2 N–H and O–H groups in total. The highest BCUT2D eigenvalue weighted by molar-refractivity contribution is 6.04. The van der Waals surface area contributed by atoms with E-state index in [4.69, 9.17) is 0 Å². The summed E-state index contributed by atoms with van der Waals surface area (Å²) in [5.74, 6) is -0.104. The van der Waals surface area contributed by atoms with Crippen LogP contribution in [0.4, 0.5) is 4.79 Å². The summed E-state index contributed by atoms with van der Waals surface area (Å²) in [6, 6.07) is 9.08. The summed E-state index contributed by atoms with van der Waals surface area (Å²) >= 11 is 0. The Balaban J connectivity index is 1.91. The molecule has 0 bridgehead atoms. The molecule has 108 valence electrons. The molecular formula is C15H22N3O2+. The fraction of sp³-hybridized carbons (Fsp3) is 0.467. The lowest BCUT2D eigenvalue weighted by Crippen LogP contribution is -3.05. The Hall–Kier alpha value is -1.88. The average molecular weight is 276 g/mol. The second-order valence-corrected chi connectivity index (χ2v) is 5.49. The number of nitrogens with one attached hydrogen (secondary N) is 2. The summed E-state index contributed by atoms with van der Waals surface area (Å²) in [6.45, 7) is 1.45. The Morgan fingerprint density at radius 3 is 2.55 bits per heavy atom. The normalized spacial score (nSPS) is 18.8. The van der Waals surface area contributed by atoms with Crippen LogP contribution in [0.25, 0.3) is 0 Å². The van der Waals surface area contributed by atoms with E-state index in [9.17, 15) is 9.59 Å². The van der Waals surface area contributed by atoms with Crippen LogP contribution < -0.4 is 10.2 Å². The highest BCUT2D eigenvalue weighted by Gasteiger charge is 2.37. The first kappa shape index (κ1) is 14.5. The van der Waals surface area contributed by atoms with Crippen molar-refractivity contribution in [2.75, 3.05) is 27.2 Å². The maximum atomic E-state index is 12.2. The zero-order valence-corrected chi connectivity index (χ0v) is 12.1. The number of carbonyl (C=O) groups is 2. The molecule has 1 heterocycles. The lowest BCUT2D eigenvalue weighted by Gasteiger charge is -2.14. The van der Waals surface area contributed by atoms with Crippen LogP contribution >= 0.6 is 0 Å². The van der Waals surface area contributed by atoms with Gasteiger partial charge in [-0.15, -0.1) is 0 Å². The zero-order valence-electron chi connectivity index (χ0n) is 12.1. The van der Waals surface area contributed by atoms with Gasteiger partial charge in [0, 0.05) is 19.4 Å². The third-order valence-corrected chi connectivity index (χ3v) is 3.45. The van der Waals surface area contributed by atoms with E-state index in [1.54, 1.807) is 0 Å². The van der Waals surface area contributed by atoms with E-state index < -0.39 is 6.04 Å². The summed E-state index contributed by atoms with van der Waals surface area (Å²) < 4.78 is 0. The first-order valence-electron chi connectivity index (χ1n) is 7.03. The molecular weight excluding hydrogens is 254 g/mol. The molecule has 1 atom stereocenters. The van der Waals surface area contributed by atoms with Crippen molar-refractivity contribution in [3.8, 4) is 0 Å². The molecule has 0 spiro atoms. The van der Waals surface area contributed by atoms with Gasteiger partial charge < -0.3 is 10.2 Å². The Morgan fingerprint density at radius 1 is 1.20 bits per heavy atom. The summed E-state index contributed by atoms with van der Waals surface area (Å²) in [5, 5.41) is 2.77. The maximum absolute atomic E-state index is 12.2. The van der Waals surface area contributed by atoms with E-state index >= 15 is 0 Å². The van der Waals surface area contributed by atoms with E-state index in [-0.39, 0.29) is 11.9 Å². The summed E-state index contributed by atoms with van der Waals surface area (Å²) in [6.07, 6.45) is 1.39. The van der Waals surface area contributed by atoms with Crippen molar-refractivity contribution in [3.63, 3.8) is 0 Å². The van der Waals surface area contributed by atoms with Crippen LogP contribution in [-0.2, 0) is 11.2 Å². The molecule has 1 fully saturated rings. The maximum Gasteiger partial charge on any atom is 0.324 e. The molecule has 0 saturated carbocycles. The molecule has 0 unspecified atom stereocenters. The Morgan fingerprint density at radius 2 is 1.90 bits per heavy atom. The van der Waals surface area contributed by atoms with Gasteiger partial charge in [-0.3, -0.25) is 9.69 Å². The molecule has 2 rings (SSSR count). The van der Waals surface area contributed by atoms with Gasteiger partial charge in [0.1, 0.15) is 6.04 Å². The number of benzene rings is 1. The van der Waals surface area contributed by atoms with Crippen molar-refractivity contribution in [1.29, 1.82) is 0 Å². The highest BCUT2D eigenvalue weighted by atomic mass is 16.2. The Kier molecular flexibility index (Phi) is 4.74. The SMILES string of the molecule is C[NH+](C)CCCN1C(=O)N[C@H](Cc2ccccc2)C1=O. The lowest BCUT2D eigenvalue weighted by molar-refractivity contribution is -0.858. The number of urea groups is 1. The monoisotopic (exact) mass is 276 g/mol. The third-order valence-electron chi connectivity index (χ3n) is 3.45. The quantitative estimate of drug-likeness (QED) is 0.700. The van der Waals surface area contributed by atoms with Crippen LogP contribution in [0.15, 0.2) is 30.3 Å². The standard InChI is InChI=1S/C15H21N3O2/c1-17(2)9-6-10-18-14(19)13(16-15(18)20)11-12-7-4-3-5-8-12/h3-5,7-8,13H,6,9-11H2,1-2H3,(H,16,20)/p+1/t13-/m1/s1. The minimum Gasteiger partial charge on any atom is -0.340 e. The average Bonchev–Trinajstić information content (AvgIpc) is 2.67. The minimum atomic E-state index is -0.420. The molecule has 1 aromatic rings. The molecule has 5 heteroatoms. The second-order valence-electron chi connectivity index (χ2n) is 5.49. The predicted molar refractivity (Wildman–Crippen MR) is 76.5 cm³/mol. The van der Waals surface area contributed by atoms with E-state index in [2.05, 4.69) is 19.4 Å². The van der Waals surface area contributed by atoms with Crippen LogP contribution in [0.5, 0.6) is 0 Å². The first-order chi connectivity index (χ1) is 9.58. The number of imide groups is 1. The topological polar surface area (TPSA) is 53.9 Å². The van der Waals surface area contributed by atoms with E-state index in [0.717, 1.165) is 18.5 Å². The fourth-order valence-electron chi connectivity index (χ4n) is 2.37. The van der Waals surface area contributed by atoms with Gasteiger partial charge in [0.2, 0.25) is 0 Å². The molecule has 3 amide bonds. The van der Waals surface area contributed by atoms with Crippen LogP contribution in [0.3, 0.4) is 0 Å². The van der Waals surface area contributed by atoms with Crippen LogP contribution in [0.1, 0.15) is 12.0 Å². The van der Waals surface area contributed by atoms with Gasteiger partial charge in [-0.05, 0) is 5.56 Å². The molecule has 0 aromatic heterocycles. The number of hydrogen-bond donors (Lipinski definition) is 2. The van der Waals surface area contributed by atoms with E-state index in [1.165, 1.54) is 9.80 Å². The van der Waals surface area contributed by atoms with Crippen LogP contribution in [-0.4, -0.2) is 50.1 Å². The predicted octanol–water partition coefficient (Wildman–Crippen LogP) is -0.316. The Bertz CT molecular complexity index is 473. The molecule has 0 radical (unpaired) electrons. The molecule has 1 aliphatic heterocycles. The first-order valence-corrected chi connectivity index (χ1v) is 7.03. The second kappa shape index (κ2) is 6.52. The summed E-state index contributed by atoms with van der Waals surface area (Å²) in [4.78, 5) is 26.7. The van der Waals surface area contributed by atoms with Crippen molar-refractivity contribution in [2.45, 2.75) is 18.9 Å². The molecule has 20 heavy (non-hydrogen) atoms. The van der Waals surface area contributed by atoms with Crippen molar-refractivity contribution in [2.24, 2.45) is 0 Å². The van der Waals surface area contributed by atoms with Gasteiger partial charge in [-0.25, -0.2) is 4.79 Å². The number of carbonyl (C=O) groups excluding carboxylic acids is 2. The van der Waals surface area contributed by atoms with Gasteiger partial charge in [0.25, 0.3) is 5.91 Å². The zero-order chi connectivity index (χ0) is 14.5. The van der Waals surface area contributed by atoms with Gasteiger partial charge in [-0.2, -0.15) is 0 Å². The van der Waals surface area contributed by atoms with Crippen LogP contribution in [0.2, 0.25) is 0 Å². The number of nitrogens with zero attached hydrogens (tertiary/aromatic N) is 1.